The van der Waals surface area contributed by atoms with E-state index in [2.05, 4.69) is 60.5 Å². The number of carbonyl (C=O) groups excluding carboxylic acids is 2. The third-order valence-electron chi connectivity index (χ3n) is 7.25. The zero-order chi connectivity index (χ0) is 24.8. The fourth-order valence-corrected chi connectivity index (χ4v) is 5.06. The van der Waals surface area contributed by atoms with E-state index >= 15 is 0 Å². The van der Waals surface area contributed by atoms with Crippen molar-refractivity contribution in [3.63, 3.8) is 0 Å². The van der Waals surface area contributed by atoms with Gasteiger partial charge in [0.2, 0.25) is 11.8 Å². The highest BCUT2D eigenvalue weighted by atomic mass is 16.2. The predicted molar refractivity (Wildman–Crippen MR) is 140 cm³/mol. The summed E-state index contributed by atoms with van der Waals surface area (Å²) in [6.45, 7) is 6.19. The van der Waals surface area contributed by atoms with Crippen LogP contribution in [0.3, 0.4) is 0 Å². The van der Waals surface area contributed by atoms with Gasteiger partial charge in [0.15, 0.2) is 0 Å². The van der Waals surface area contributed by atoms with Crippen LogP contribution in [-0.4, -0.2) is 65.4 Å². The normalized spacial score (nSPS) is 20.3. The van der Waals surface area contributed by atoms with Crippen LogP contribution in [0, 0.1) is 6.92 Å². The highest BCUT2D eigenvalue weighted by molar-refractivity contribution is 5.83. The first-order valence-electron chi connectivity index (χ1n) is 13.1. The smallest absolute Gasteiger partial charge is 0.240 e. The maximum Gasteiger partial charge on any atom is 0.240 e. The van der Waals surface area contributed by atoms with Crippen molar-refractivity contribution >= 4 is 11.8 Å². The second-order valence-corrected chi connectivity index (χ2v) is 10.3. The lowest BCUT2D eigenvalue weighted by Gasteiger charge is -2.45. The maximum absolute atomic E-state index is 13.4. The van der Waals surface area contributed by atoms with Gasteiger partial charge in [0, 0.05) is 31.7 Å². The molecule has 0 aromatic heterocycles. The van der Waals surface area contributed by atoms with Gasteiger partial charge >= 0.3 is 0 Å². The lowest BCUT2D eigenvalue weighted by atomic mass is 9.98. The molecule has 6 heteroatoms. The van der Waals surface area contributed by atoms with Gasteiger partial charge in [-0.2, -0.15) is 0 Å². The van der Waals surface area contributed by atoms with E-state index in [1.807, 2.05) is 23.1 Å². The number of nitrogens with zero attached hydrogens (tertiary/aromatic N) is 2. The minimum atomic E-state index is -0.554. The summed E-state index contributed by atoms with van der Waals surface area (Å²) < 4.78 is 0. The summed E-state index contributed by atoms with van der Waals surface area (Å²) in [6.07, 6.45) is 5.25. The molecular weight excluding hydrogens is 436 g/mol. The van der Waals surface area contributed by atoms with Crippen molar-refractivity contribution in [3.8, 4) is 0 Å². The first-order chi connectivity index (χ1) is 16.9. The van der Waals surface area contributed by atoms with Crippen LogP contribution in [-0.2, 0) is 22.4 Å². The van der Waals surface area contributed by atoms with E-state index in [1.165, 1.54) is 5.56 Å². The van der Waals surface area contributed by atoms with Crippen molar-refractivity contribution in [2.45, 2.75) is 76.5 Å². The monoisotopic (exact) mass is 476 g/mol. The summed E-state index contributed by atoms with van der Waals surface area (Å²) in [7, 11) is 0. The Morgan fingerprint density at radius 3 is 2.34 bits per heavy atom. The molecule has 0 bridgehead atoms. The Kier molecular flexibility index (Phi) is 8.58. The minimum absolute atomic E-state index is 0.0192. The molecule has 35 heavy (non-hydrogen) atoms. The second-order valence-electron chi connectivity index (χ2n) is 10.3. The second kappa shape index (κ2) is 11.8. The molecule has 2 aliphatic rings. The Morgan fingerprint density at radius 1 is 1.00 bits per heavy atom. The van der Waals surface area contributed by atoms with Gasteiger partial charge in [-0.15, -0.1) is 0 Å². The number of aryl methyl sites for hydroxylation is 1. The molecule has 0 radical (unpaired) electrons. The van der Waals surface area contributed by atoms with Crippen LogP contribution in [0.2, 0.25) is 0 Å². The Morgan fingerprint density at radius 2 is 1.69 bits per heavy atom. The van der Waals surface area contributed by atoms with E-state index in [0.717, 1.165) is 36.8 Å². The SMILES string of the molecule is CCCC1CN(C(Cc2ccccc2)C(=O)NC2CC2)CCN1C(=O)C(N)Cc1ccc(C)cc1. The molecule has 2 fully saturated rings. The van der Waals surface area contributed by atoms with E-state index in [4.69, 9.17) is 5.73 Å². The number of hydrogen-bond acceptors (Lipinski definition) is 4. The van der Waals surface area contributed by atoms with Gasteiger partial charge < -0.3 is 16.0 Å². The molecule has 2 amide bonds. The van der Waals surface area contributed by atoms with Crippen molar-refractivity contribution in [1.29, 1.82) is 0 Å². The van der Waals surface area contributed by atoms with Crippen LogP contribution in [0.1, 0.15) is 49.3 Å². The lowest BCUT2D eigenvalue weighted by Crippen LogP contribution is -2.62. The highest BCUT2D eigenvalue weighted by Crippen LogP contribution is 2.23. The summed E-state index contributed by atoms with van der Waals surface area (Å²) in [5.41, 5.74) is 9.86. The van der Waals surface area contributed by atoms with Crippen molar-refractivity contribution in [2.24, 2.45) is 5.73 Å². The number of carbonyl (C=O) groups is 2. The zero-order valence-electron chi connectivity index (χ0n) is 21.2. The summed E-state index contributed by atoms with van der Waals surface area (Å²) in [5, 5.41) is 3.22. The average Bonchev–Trinajstić information content (AvgIpc) is 3.68. The van der Waals surface area contributed by atoms with Gasteiger partial charge in [0.05, 0.1) is 12.1 Å². The van der Waals surface area contributed by atoms with Gasteiger partial charge in [-0.25, -0.2) is 0 Å². The standard InChI is InChI=1S/C29H40N4O2/c1-3-7-25-20-32(27(28(34)31-24-14-15-24)19-22-8-5-4-6-9-22)16-17-33(25)29(35)26(30)18-23-12-10-21(2)11-13-23/h4-6,8-13,24-27H,3,7,14-20,30H2,1-2H3,(H,31,34). The number of benzene rings is 2. The number of nitrogens with two attached hydrogens (primary N) is 1. The fourth-order valence-electron chi connectivity index (χ4n) is 5.06. The third-order valence-corrected chi connectivity index (χ3v) is 7.25. The molecular formula is C29H40N4O2. The Hall–Kier alpha value is -2.70. The zero-order valence-corrected chi connectivity index (χ0v) is 21.2. The summed E-state index contributed by atoms with van der Waals surface area (Å²) >= 11 is 0. The van der Waals surface area contributed by atoms with Crippen LogP contribution in [0.15, 0.2) is 54.6 Å². The van der Waals surface area contributed by atoms with Crippen molar-refractivity contribution in [3.05, 3.63) is 71.3 Å². The van der Waals surface area contributed by atoms with Gasteiger partial charge in [-0.1, -0.05) is 73.5 Å². The number of nitrogens with one attached hydrogen (secondary N) is 1. The maximum atomic E-state index is 13.4. The average molecular weight is 477 g/mol. The van der Waals surface area contributed by atoms with Gasteiger partial charge in [0.1, 0.15) is 0 Å². The number of rotatable bonds is 10. The van der Waals surface area contributed by atoms with E-state index in [-0.39, 0.29) is 23.9 Å². The molecule has 1 saturated heterocycles. The first-order valence-corrected chi connectivity index (χ1v) is 13.1. The van der Waals surface area contributed by atoms with Crippen LogP contribution >= 0.6 is 0 Å². The van der Waals surface area contributed by atoms with E-state index < -0.39 is 6.04 Å². The third kappa shape index (κ3) is 6.92. The molecule has 3 atom stereocenters. The molecule has 2 aromatic rings. The highest BCUT2D eigenvalue weighted by Gasteiger charge is 2.38. The Labute approximate surface area is 209 Å². The quantitative estimate of drug-likeness (QED) is 0.552. The van der Waals surface area contributed by atoms with Crippen LogP contribution < -0.4 is 11.1 Å². The van der Waals surface area contributed by atoms with Gasteiger partial charge in [-0.3, -0.25) is 14.5 Å². The van der Waals surface area contributed by atoms with E-state index in [9.17, 15) is 9.59 Å². The van der Waals surface area contributed by atoms with Gasteiger partial charge in [-0.05, 0) is 50.2 Å². The number of hydrogen-bond donors (Lipinski definition) is 2. The molecule has 1 heterocycles. The van der Waals surface area contributed by atoms with Crippen LogP contribution in [0.5, 0.6) is 0 Å². The summed E-state index contributed by atoms with van der Waals surface area (Å²) in [5.74, 6) is 0.133. The molecule has 6 nitrogen and oxygen atoms in total. The predicted octanol–water partition coefficient (Wildman–Crippen LogP) is 3.07. The fraction of sp³-hybridized carbons (Fsp3) is 0.517. The Balaban J connectivity index is 1.45. The van der Waals surface area contributed by atoms with E-state index in [1.54, 1.807) is 0 Å². The van der Waals surface area contributed by atoms with Crippen molar-refractivity contribution < 1.29 is 9.59 Å². The van der Waals surface area contributed by atoms with Crippen molar-refractivity contribution in [1.82, 2.24) is 15.1 Å². The minimum Gasteiger partial charge on any atom is -0.352 e. The van der Waals surface area contributed by atoms with Crippen molar-refractivity contribution in [2.75, 3.05) is 19.6 Å². The Bertz CT molecular complexity index is 974. The molecule has 3 unspecified atom stereocenters. The molecule has 3 N–H and O–H groups in total. The molecule has 1 aliphatic carbocycles. The van der Waals surface area contributed by atoms with Crippen LogP contribution in [0.25, 0.3) is 0 Å². The summed E-state index contributed by atoms with van der Waals surface area (Å²) in [4.78, 5) is 30.9. The van der Waals surface area contributed by atoms with Gasteiger partial charge in [0.25, 0.3) is 0 Å². The molecule has 1 saturated carbocycles. The van der Waals surface area contributed by atoms with E-state index in [0.29, 0.717) is 38.5 Å². The lowest BCUT2D eigenvalue weighted by molar-refractivity contribution is -0.139. The largest absolute Gasteiger partial charge is 0.352 e. The molecule has 0 spiro atoms. The number of piperazine rings is 1. The first kappa shape index (κ1) is 25.4. The number of amides is 2. The summed E-state index contributed by atoms with van der Waals surface area (Å²) in [6, 6.07) is 18.1. The van der Waals surface area contributed by atoms with Crippen LogP contribution in [0.4, 0.5) is 0 Å². The molecule has 1 aliphatic heterocycles. The molecule has 4 rings (SSSR count). The molecule has 2 aromatic carbocycles. The molecule has 188 valence electrons. The topological polar surface area (TPSA) is 78.7 Å².